The van der Waals surface area contributed by atoms with E-state index in [2.05, 4.69) is 38.2 Å². The predicted octanol–water partition coefficient (Wildman–Crippen LogP) is 3.82. The summed E-state index contributed by atoms with van der Waals surface area (Å²) in [5.41, 5.74) is 2.61. The van der Waals surface area contributed by atoms with Crippen molar-refractivity contribution in [1.29, 1.82) is 0 Å². The maximum atomic E-state index is 12.6. The van der Waals surface area contributed by atoms with Gasteiger partial charge in [0.2, 0.25) is 0 Å². The smallest absolute Gasteiger partial charge is 0.273 e. The molecule has 3 rings (SSSR count). The molecule has 0 spiro atoms. The van der Waals surface area contributed by atoms with Crippen LogP contribution < -0.4 is 5.32 Å². The zero-order valence-corrected chi connectivity index (χ0v) is 15.2. The molecule has 0 saturated carbocycles. The van der Waals surface area contributed by atoms with Crippen LogP contribution in [0.3, 0.4) is 0 Å². The quantitative estimate of drug-likeness (QED) is 0.787. The van der Waals surface area contributed by atoms with Crippen molar-refractivity contribution < 1.29 is 4.79 Å². The SMILES string of the molecule is Cn1cccc1C(=O)Nc1cc(C(C)(C)C)nn1Cc1ccccc1. The van der Waals surface area contributed by atoms with Gasteiger partial charge in [-0.3, -0.25) is 4.79 Å². The molecule has 2 aromatic heterocycles. The summed E-state index contributed by atoms with van der Waals surface area (Å²) >= 11 is 0. The summed E-state index contributed by atoms with van der Waals surface area (Å²) in [5.74, 6) is 0.571. The highest BCUT2D eigenvalue weighted by atomic mass is 16.2. The fourth-order valence-electron chi connectivity index (χ4n) is 2.64. The predicted molar refractivity (Wildman–Crippen MR) is 99.8 cm³/mol. The lowest BCUT2D eigenvalue weighted by Gasteiger charge is -2.14. The molecule has 0 aliphatic heterocycles. The lowest BCUT2D eigenvalue weighted by atomic mass is 9.92. The Labute approximate surface area is 148 Å². The van der Waals surface area contributed by atoms with Crippen LogP contribution >= 0.6 is 0 Å². The molecule has 2 heterocycles. The molecule has 3 aromatic rings. The Balaban J connectivity index is 1.92. The number of benzene rings is 1. The topological polar surface area (TPSA) is 51.9 Å². The Morgan fingerprint density at radius 1 is 1.12 bits per heavy atom. The molecular weight excluding hydrogens is 312 g/mol. The lowest BCUT2D eigenvalue weighted by molar-refractivity contribution is 0.101. The van der Waals surface area contributed by atoms with E-state index in [9.17, 15) is 4.79 Å². The largest absolute Gasteiger partial charge is 0.347 e. The number of hydrogen-bond donors (Lipinski definition) is 1. The standard InChI is InChI=1S/C20H24N4O/c1-20(2,3)17-13-18(21-19(25)16-11-8-12-23(16)4)24(22-17)14-15-9-6-5-7-10-15/h5-13H,14H2,1-4H3,(H,21,25). The molecule has 0 saturated heterocycles. The van der Waals surface area contributed by atoms with Crippen LogP contribution in [0.15, 0.2) is 54.7 Å². The van der Waals surface area contributed by atoms with E-state index in [1.54, 1.807) is 10.6 Å². The minimum absolute atomic E-state index is 0.0909. The van der Waals surface area contributed by atoms with Gasteiger partial charge in [0.15, 0.2) is 0 Å². The van der Waals surface area contributed by atoms with Crippen LogP contribution in [0.25, 0.3) is 0 Å². The number of hydrogen-bond acceptors (Lipinski definition) is 2. The van der Waals surface area contributed by atoms with Crippen LogP contribution in [-0.4, -0.2) is 20.3 Å². The van der Waals surface area contributed by atoms with E-state index in [0.29, 0.717) is 18.1 Å². The minimum Gasteiger partial charge on any atom is -0.347 e. The molecule has 5 nitrogen and oxygen atoms in total. The van der Waals surface area contributed by atoms with E-state index < -0.39 is 0 Å². The monoisotopic (exact) mass is 336 g/mol. The Morgan fingerprint density at radius 2 is 1.84 bits per heavy atom. The van der Waals surface area contributed by atoms with E-state index in [0.717, 1.165) is 11.3 Å². The second kappa shape index (κ2) is 6.59. The van der Waals surface area contributed by atoms with Crippen molar-refractivity contribution in [1.82, 2.24) is 14.3 Å². The zero-order valence-electron chi connectivity index (χ0n) is 15.2. The van der Waals surface area contributed by atoms with Gasteiger partial charge in [0, 0.05) is 24.7 Å². The van der Waals surface area contributed by atoms with Gasteiger partial charge >= 0.3 is 0 Å². The van der Waals surface area contributed by atoms with Crippen molar-refractivity contribution >= 4 is 11.7 Å². The van der Waals surface area contributed by atoms with Crippen LogP contribution in [-0.2, 0) is 19.0 Å². The van der Waals surface area contributed by atoms with E-state index in [4.69, 9.17) is 5.10 Å². The molecule has 1 amide bonds. The third-order valence-electron chi connectivity index (χ3n) is 4.14. The average Bonchev–Trinajstić information content (AvgIpc) is 3.15. The first-order chi connectivity index (χ1) is 11.8. The van der Waals surface area contributed by atoms with Gasteiger partial charge in [-0.05, 0) is 17.7 Å². The number of amides is 1. The normalized spacial score (nSPS) is 11.5. The first kappa shape index (κ1) is 17.0. The summed E-state index contributed by atoms with van der Waals surface area (Å²) < 4.78 is 3.66. The van der Waals surface area contributed by atoms with Crippen LogP contribution in [0.5, 0.6) is 0 Å². The molecule has 0 radical (unpaired) electrons. The first-order valence-corrected chi connectivity index (χ1v) is 8.39. The molecule has 0 unspecified atom stereocenters. The molecule has 0 aliphatic carbocycles. The van der Waals surface area contributed by atoms with Gasteiger partial charge in [0.05, 0.1) is 12.2 Å². The van der Waals surface area contributed by atoms with Gasteiger partial charge in [-0.1, -0.05) is 51.1 Å². The maximum Gasteiger partial charge on any atom is 0.273 e. The Morgan fingerprint density at radius 3 is 2.44 bits per heavy atom. The fourth-order valence-corrected chi connectivity index (χ4v) is 2.64. The molecule has 130 valence electrons. The van der Waals surface area contributed by atoms with Gasteiger partial charge in [0.1, 0.15) is 11.5 Å². The summed E-state index contributed by atoms with van der Waals surface area (Å²) in [6.07, 6.45) is 1.86. The first-order valence-electron chi connectivity index (χ1n) is 8.39. The highest BCUT2D eigenvalue weighted by Gasteiger charge is 2.21. The molecular formula is C20H24N4O. The Kier molecular flexibility index (Phi) is 4.49. The van der Waals surface area contributed by atoms with Crippen molar-refractivity contribution in [2.45, 2.75) is 32.7 Å². The summed E-state index contributed by atoms with van der Waals surface area (Å²) in [6.45, 7) is 6.96. The van der Waals surface area contributed by atoms with Gasteiger partial charge < -0.3 is 9.88 Å². The summed E-state index contributed by atoms with van der Waals surface area (Å²) in [5, 5.41) is 7.74. The number of rotatable bonds is 4. The highest BCUT2D eigenvalue weighted by molar-refractivity contribution is 6.02. The van der Waals surface area contributed by atoms with Gasteiger partial charge in [-0.25, -0.2) is 4.68 Å². The molecule has 0 bridgehead atoms. The lowest BCUT2D eigenvalue weighted by Crippen LogP contribution is -2.18. The van der Waals surface area contributed by atoms with Crippen molar-refractivity contribution in [2.75, 3.05) is 5.32 Å². The van der Waals surface area contributed by atoms with Crippen molar-refractivity contribution in [3.05, 3.63) is 71.7 Å². The number of anilines is 1. The van der Waals surface area contributed by atoms with E-state index in [-0.39, 0.29) is 11.3 Å². The van der Waals surface area contributed by atoms with E-state index >= 15 is 0 Å². The second-order valence-corrected chi connectivity index (χ2v) is 7.27. The van der Waals surface area contributed by atoms with Crippen LogP contribution in [0.4, 0.5) is 5.82 Å². The third kappa shape index (κ3) is 3.82. The zero-order chi connectivity index (χ0) is 18.0. The minimum atomic E-state index is -0.137. The Hall–Kier alpha value is -2.82. The summed E-state index contributed by atoms with van der Waals surface area (Å²) in [4.78, 5) is 12.6. The van der Waals surface area contributed by atoms with Crippen LogP contribution in [0, 0.1) is 0 Å². The molecule has 0 atom stereocenters. The number of aromatic nitrogens is 3. The maximum absolute atomic E-state index is 12.6. The van der Waals surface area contributed by atoms with E-state index in [1.165, 1.54) is 0 Å². The third-order valence-corrected chi connectivity index (χ3v) is 4.14. The average molecular weight is 336 g/mol. The van der Waals surface area contributed by atoms with Crippen LogP contribution in [0.1, 0.15) is 42.5 Å². The fraction of sp³-hybridized carbons (Fsp3) is 0.300. The highest BCUT2D eigenvalue weighted by Crippen LogP contribution is 2.25. The van der Waals surface area contributed by atoms with Gasteiger partial charge in [0.25, 0.3) is 5.91 Å². The van der Waals surface area contributed by atoms with Gasteiger partial charge in [-0.2, -0.15) is 5.10 Å². The number of nitrogens with zero attached hydrogens (tertiary/aromatic N) is 3. The Bertz CT molecular complexity index is 869. The second-order valence-electron chi connectivity index (χ2n) is 7.27. The van der Waals surface area contributed by atoms with Gasteiger partial charge in [-0.15, -0.1) is 0 Å². The molecule has 1 aromatic carbocycles. The van der Waals surface area contributed by atoms with Crippen LogP contribution in [0.2, 0.25) is 0 Å². The van der Waals surface area contributed by atoms with E-state index in [1.807, 2.05) is 48.3 Å². The summed E-state index contributed by atoms with van der Waals surface area (Å²) in [7, 11) is 1.86. The number of nitrogens with one attached hydrogen (secondary N) is 1. The molecule has 5 heteroatoms. The summed E-state index contributed by atoms with van der Waals surface area (Å²) in [6, 6.07) is 15.7. The number of carbonyl (C=O) groups is 1. The molecule has 0 aliphatic rings. The number of carbonyl (C=O) groups excluding carboxylic acids is 1. The van der Waals surface area contributed by atoms with Crippen molar-refractivity contribution in [3.8, 4) is 0 Å². The van der Waals surface area contributed by atoms with Crippen molar-refractivity contribution in [2.24, 2.45) is 7.05 Å². The number of aryl methyl sites for hydroxylation is 1. The molecule has 1 N–H and O–H groups in total. The molecule has 0 fully saturated rings. The molecule has 25 heavy (non-hydrogen) atoms. The van der Waals surface area contributed by atoms with Crippen molar-refractivity contribution in [3.63, 3.8) is 0 Å².